The minimum absolute atomic E-state index is 0.0715. The van der Waals surface area contributed by atoms with Crippen LogP contribution in [0.1, 0.15) is 46.5 Å². The van der Waals surface area contributed by atoms with E-state index in [0.717, 1.165) is 18.7 Å². The van der Waals surface area contributed by atoms with Gasteiger partial charge < -0.3 is 14.8 Å². The zero-order valence-corrected chi connectivity index (χ0v) is 14.2. The van der Waals surface area contributed by atoms with E-state index in [2.05, 4.69) is 19.2 Å². The molecule has 0 bridgehead atoms. The Bertz CT molecular complexity index is 448. The SMILES string of the molecule is CCCC[C@H](CC)CNC(=O)[C@H](C)Oc1cccc(OC)c1. The molecule has 4 nitrogen and oxygen atoms in total. The van der Waals surface area contributed by atoms with Crippen molar-refractivity contribution < 1.29 is 14.3 Å². The molecule has 0 heterocycles. The molecule has 22 heavy (non-hydrogen) atoms. The van der Waals surface area contributed by atoms with Gasteiger partial charge in [0.2, 0.25) is 0 Å². The molecule has 4 heteroatoms. The fraction of sp³-hybridized carbons (Fsp3) is 0.611. The van der Waals surface area contributed by atoms with Crippen molar-refractivity contribution in [3.8, 4) is 11.5 Å². The van der Waals surface area contributed by atoms with Gasteiger partial charge in [0.1, 0.15) is 11.5 Å². The molecule has 0 aliphatic heterocycles. The fourth-order valence-corrected chi connectivity index (χ4v) is 2.26. The summed E-state index contributed by atoms with van der Waals surface area (Å²) >= 11 is 0. The van der Waals surface area contributed by atoms with Crippen LogP contribution in [0.4, 0.5) is 0 Å². The van der Waals surface area contributed by atoms with E-state index in [4.69, 9.17) is 9.47 Å². The Hall–Kier alpha value is -1.71. The van der Waals surface area contributed by atoms with E-state index in [-0.39, 0.29) is 5.91 Å². The van der Waals surface area contributed by atoms with Crippen molar-refractivity contribution in [3.63, 3.8) is 0 Å². The molecule has 1 N–H and O–H groups in total. The molecule has 0 aliphatic rings. The number of benzene rings is 1. The second kappa shape index (κ2) is 10.1. The molecule has 0 fully saturated rings. The monoisotopic (exact) mass is 307 g/mol. The number of hydrogen-bond acceptors (Lipinski definition) is 3. The van der Waals surface area contributed by atoms with Crippen molar-refractivity contribution in [2.45, 2.75) is 52.6 Å². The number of methoxy groups -OCH3 is 1. The van der Waals surface area contributed by atoms with Gasteiger partial charge in [-0.15, -0.1) is 0 Å². The van der Waals surface area contributed by atoms with Crippen LogP contribution in [0.15, 0.2) is 24.3 Å². The molecule has 0 saturated heterocycles. The number of amides is 1. The lowest BCUT2D eigenvalue weighted by atomic mass is 9.99. The highest BCUT2D eigenvalue weighted by molar-refractivity contribution is 5.80. The Morgan fingerprint density at radius 3 is 2.64 bits per heavy atom. The predicted octanol–water partition coefficient (Wildman–Crippen LogP) is 3.80. The predicted molar refractivity (Wildman–Crippen MR) is 89.4 cm³/mol. The Labute approximate surface area is 134 Å². The molecular weight excluding hydrogens is 278 g/mol. The van der Waals surface area contributed by atoms with Gasteiger partial charge in [-0.05, 0) is 31.4 Å². The van der Waals surface area contributed by atoms with Gasteiger partial charge in [0.15, 0.2) is 6.10 Å². The average Bonchev–Trinajstić information content (AvgIpc) is 2.54. The number of ether oxygens (including phenoxy) is 2. The van der Waals surface area contributed by atoms with Crippen LogP contribution < -0.4 is 14.8 Å². The normalized spacial score (nSPS) is 13.3. The highest BCUT2D eigenvalue weighted by Crippen LogP contribution is 2.20. The van der Waals surface area contributed by atoms with Crippen molar-refractivity contribution in [1.82, 2.24) is 5.32 Å². The summed E-state index contributed by atoms with van der Waals surface area (Å²) in [4.78, 5) is 12.1. The third-order valence-corrected chi connectivity index (χ3v) is 3.83. The first kappa shape index (κ1) is 18.3. The zero-order chi connectivity index (χ0) is 16.4. The summed E-state index contributed by atoms with van der Waals surface area (Å²) in [5.41, 5.74) is 0. The molecule has 0 spiro atoms. The van der Waals surface area contributed by atoms with Gasteiger partial charge in [-0.25, -0.2) is 0 Å². The van der Waals surface area contributed by atoms with Crippen LogP contribution in [0.3, 0.4) is 0 Å². The lowest BCUT2D eigenvalue weighted by Gasteiger charge is -2.18. The minimum atomic E-state index is -0.518. The van der Waals surface area contributed by atoms with Crippen LogP contribution in [-0.2, 0) is 4.79 Å². The van der Waals surface area contributed by atoms with Crippen molar-refractivity contribution in [2.75, 3.05) is 13.7 Å². The van der Waals surface area contributed by atoms with E-state index < -0.39 is 6.10 Å². The summed E-state index contributed by atoms with van der Waals surface area (Å²) in [6, 6.07) is 7.29. The van der Waals surface area contributed by atoms with Gasteiger partial charge in [-0.3, -0.25) is 4.79 Å². The Morgan fingerprint density at radius 2 is 2.00 bits per heavy atom. The fourth-order valence-electron chi connectivity index (χ4n) is 2.26. The topological polar surface area (TPSA) is 47.6 Å². The first-order valence-corrected chi connectivity index (χ1v) is 8.19. The summed E-state index contributed by atoms with van der Waals surface area (Å²) < 4.78 is 10.8. The number of carbonyl (C=O) groups is 1. The van der Waals surface area contributed by atoms with Crippen LogP contribution >= 0.6 is 0 Å². The lowest BCUT2D eigenvalue weighted by molar-refractivity contribution is -0.127. The highest BCUT2D eigenvalue weighted by Gasteiger charge is 2.16. The number of hydrogen-bond donors (Lipinski definition) is 1. The van der Waals surface area contributed by atoms with Crippen LogP contribution in [0.5, 0.6) is 11.5 Å². The molecule has 0 aliphatic carbocycles. The minimum Gasteiger partial charge on any atom is -0.497 e. The Morgan fingerprint density at radius 1 is 1.27 bits per heavy atom. The number of nitrogens with one attached hydrogen (secondary N) is 1. The molecule has 0 radical (unpaired) electrons. The maximum Gasteiger partial charge on any atom is 0.260 e. The molecule has 1 amide bonds. The first-order chi connectivity index (χ1) is 10.6. The summed E-state index contributed by atoms with van der Waals surface area (Å²) in [5.74, 6) is 1.83. The van der Waals surface area contributed by atoms with Crippen molar-refractivity contribution in [2.24, 2.45) is 5.92 Å². The molecular formula is C18H29NO3. The molecule has 124 valence electrons. The van der Waals surface area contributed by atoms with Gasteiger partial charge in [-0.2, -0.15) is 0 Å². The molecule has 0 aromatic heterocycles. The van der Waals surface area contributed by atoms with Crippen LogP contribution in [0.2, 0.25) is 0 Å². The van der Waals surface area contributed by atoms with E-state index in [1.54, 1.807) is 20.1 Å². The third-order valence-electron chi connectivity index (χ3n) is 3.83. The maximum absolute atomic E-state index is 12.1. The van der Waals surface area contributed by atoms with Gasteiger partial charge in [0.05, 0.1) is 7.11 Å². The standard InChI is InChI=1S/C18H29NO3/c1-5-7-9-15(6-2)13-19-18(20)14(3)22-17-11-8-10-16(12-17)21-4/h8,10-12,14-15H,5-7,9,13H2,1-4H3,(H,19,20)/t14-,15-/m0/s1. The molecule has 0 saturated carbocycles. The Kier molecular flexibility index (Phi) is 8.41. The number of rotatable bonds is 10. The van der Waals surface area contributed by atoms with E-state index in [1.165, 1.54) is 19.3 Å². The number of carbonyl (C=O) groups excluding carboxylic acids is 1. The maximum atomic E-state index is 12.1. The van der Waals surface area contributed by atoms with Gasteiger partial charge in [-0.1, -0.05) is 39.2 Å². The smallest absolute Gasteiger partial charge is 0.260 e. The van der Waals surface area contributed by atoms with Gasteiger partial charge >= 0.3 is 0 Å². The average molecular weight is 307 g/mol. The van der Waals surface area contributed by atoms with Crippen LogP contribution in [-0.4, -0.2) is 25.7 Å². The largest absolute Gasteiger partial charge is 0.497 e. The quantitative estimate of drug-likeness (QED) is 0.715. The molecule has 0 unspecified atom stereocenters. The summed E-state index contributed by atoms with van der Waals surface area (Å²) in [7, 11) is 1.61. The van der Waals surface area contributed by atoms with Crippen molar-refractivity contribution in [1.29, 1.82) is 0 Å². The highest BCUT2D eigenvalue weighted by atomic mass is 16.5. The van der Waals surface area contributed by atoms with E-state index in [1.807, 2.05) is 18.2 Å². The molecule has 1 rings (SSSR count). The first-order valence-electron chi connectivity index (χ1n) is 8.19. The third kappa shape index (κ3) is 6.37. The second-order valence-corrected chi connectivity index (χ2v) is 5.60. The van der Waals surface area contributed by atoms with E-state index >= 15 is 0 Å². The molecule has 1 aromatic rings. The number of unbranched alkanes of at least 4 members (excludes halogenated alkanes) is 1. The van der Waals surface area contributed by atoms with Gasteiger partial charge in [0.25, 0.3) is 5.91 Å². The van der Waals surface area contributed by atoms with Crippen LogP contribution in [0.25, 0.3) is 0 Å². The van der Waals surface area contributed by atoms with Crippen LogP contribution in [0, 0.1) is 5.92 Å². The van der Waals surface area contributed by atoms with E-state index in [0.29, 0.717) is 11.7 Å². The molecule has 1 aromatic carbocycles. The Balaban J connectivity index is 2.43. The van der Waals surface area contributed by atoms with E-state index in [9.17, 15) is 4.79 Å². The zero-order valence-electron chi connectivity index (χ0n) is 14.2. The summed E-state index contributed by atoms with van der Waals surface area (Å²) in [6.07, 6.45) is 4.14. The molecule has 2 atom stereocenters. The second-order valence-electron chi connectivity index (χ2n) is 5.60. The van der Waals surface area contributed by atoms with Crippen molar-refractivity contribution in [3.05, 3.63) is 24.3 Å². The van der Waals surface area contributed by atoms with Crippen molar-refractivity contribution >= 4 is 5.91 Å². The summed E-state index contributed by atoms with van der Waals surface area (Å²) in [6.45, 7) is 6.85. The lowest BCUT2D eigenvalue weighted by Crippen LogP contribution is -2.38. The summed E-state index contributed by atoms with van der Waals surface area (Å²) in [5, 5.41) is 3.00. The van der Waals surface area contributed by atoms with Gasteiger partial charge in [0, 0.05) is 12.6 Å².